The van der Waals surface area contributed by atoms with Crippen LogP contribution >= 0.6 is 24.0 Å². The normalized spacial score (nSPS) is 15.9. The summed E-state index contributed by atoms with van der Waals surface area (Å²) in [4.78, 5) is 3.92. The molecule has 0 aromatic heterocycles. The van der Waals surface area contributed by atoms with Gasteiger partial charge in [-0.05, 0) is 24.0 Å². The Balaban J connectivity index is 0.00000364. The Labute approximate surface area is 175 Å². The number of hydrogen-bond acceptors (Lipinski definition) is 3. The number of halogens is 4. The SMILES string of the molecule is CN=C(NCCC(F)(F)F)NCc1ccc(COC2CCOCC2)cc1.I. The molecule has 1 heterocycles. The molecule has 9 heteroatoms. The number of nitrogens with zero attached hydrogens (tertiary/aromatic N) is 1. The minimum atomic E-state index is -4.17. The molecular weight excluding hydrogens is 474 g/mol. The Morgan fingerprint density at radius 2 is 1.78 bits per heavy atom. The molecule has 0 saturated carbocycles. The number of hydrogen-bond donors (Lipinski definition) is 2. The summed E-state index contributed by atoms with van der Waals surface area (Å²) in [6.45, 7) is 2.36. The van der Waals surface area contributed by atoms with Crippen molar-refractivity contribution < 1.29 is 22.6 Å². The van der Waals surface area contributed by atoms with Gasteiger partial charge in [-0.25, -0.2) is 0 Å². The van der Waals surface area contributed by atoms with Gasteiger partial charge in [-0.1, -0.05) is 24.3 Å². The standard InChI is InChI=1S/C18H26F3N3O2.HI/c1-22-17(23-9-8-18(19,20)21)24-12-14-2-4-15(5-3-14)13-26-16-6-10-25-11-7-16;/h2-5,16H,6-13H2,1H3,(H2,22,23,24);1H. The van der Waals surface area contributed by atoms with Crippen LogP contribution in [0, 0.1) is 0 Å². The zero-order valence-corrected chi connectivity index (χ0v) is 17.7. The lowest BCUT2D eigenvalue weighted by Crippen LogP contribution is -2.38. The molecule has 2 rings (SSSR count). The fraction of sp³-hybridized carbons (Fsp3) is 0.611. The number of nitrogens with one attached hydrogen (secondary N) is 2. The number of ether oxygens (including phenoxy) is 2. The van der Waals surface area contributed by atoms with Crippen molar-refractivity contribution in [1.29, 1.82) is 0 Å². The maximum atomic E-state index is 12.2. The average molecular weight is 501 g/mol. The molecule has 5 nitrogen and oxygen atoms in total. The summed E-state index contributed by atoms with van der Waals surface area (Å²) in [5.41, 5.74) is 2.10. The molecule has 1 aromatic rings. The van der Waals surface area contributed by atoms with Gasteiger partial charge < -0.3 is 20.1 Å². The molecule has 1 aliphatic rings. The Hall–Kier alpha value is -1.07. The Bertz CT molecular complexity index is 562. The molecule has 0 radical (unpaired) electrons. The van der Waals surface area contributed by atoms with Crippen LogP contribution in [0.2, 0.25) is 0 Å². The summed E-state index contributed by atoms with van der Waals surface area (Å²) in [7, 11) is 1.53. The van der Waals surface area contributed by atoms with E-state index in [9.17, 15) is 13.2 Å². The van der Waals surface area contributed by atoms with Crippen LogP contribution < -0.4 is 10.6 Å². The monoisotopic (exact) mass is 501 g/mol. The average Bonchev–Trinajstić information content (AvgIpc) is 2.63. The van der Waals surface area contributed by atoms with Gasteiger partial charge in [0.2, 0.25) is 0 Å². The van der Waals surface area contributed by atoms with Crippen LogP contribution in [0.4, 0.5) is 13.2 Å². The zero-order chi connectivity index (χ0) is 18.8. The largest absolute Gasteiger partial charge is 0.390 e. The highest BCUT2D eigenvalue weighted by Crippen LogP contribution is 2.18. The van der Waals surface area contributed by atoms with E-state index in [1.807, 2.05) is 24.3 Å². The van der Waals surface area contributed by atoms with Crippen molar-refractivity contribution in [2.45, 2.75) is 44.7 Å². The van der Waals surface area contributed by atoms with Gasteiger partial charge in [-0.2, -0.15) is 13.2 Å². The van der Waals surface area contributed by atoms with E-state index in [0.29, 0.717) is 19.1 Å². The molecule has 2 N–H and O–H groups in total. The lowest BCUT2D eigenvalue weighted by atomic mass is 10.1. The quantitative estimate of drug-likeness (QED) is 0.341. The molecule has 1 saturated heterocycles. The number of benzene rings is 1. The van der Waals surface area contributed by atoms with Gasteiger partial charge in [0.15, 0.2) is 5.96 Å². The van der Waals surface area contributed by atoms with E-state index >= 15 is 0 Å². The third-order valence-electron chi connectivity index (χ3n) is 4.06. The maximum Gasteiger partial charge on any atom is 0.390 e. The second-order valence-electron chi connectivity index (χ2n) is 6.16. The first-order chi connectivity index (χ1) is 12.5. The van der Waals surface area contributed by atoms with E-state index in [1.165, 1.54) is 7.05 Å². The van der Waals surface area contributed by atoms with Crippen molar-refractivity contribution in [2.24, 2.45) is 4.99 Å². The lowest BCUT2D eigenvalue weighted by Gasteiger charge is -2.22. The maximum absolute atomic E-state index is 12.2. The van der Waals surface area contributed by atoms with Crippen LogP contribution in [0.1, 0.15) is 30.4 Å². The Kier molecular flexibility index (Phi) is 11.0. The summed E-state index contributed by atoms with van der Waals surface area (Å²) in [6.07, 6.45) is -2.94. The number of guanidine groups is 1. The van der Waals surface area contributed by atoms with Crippen molar-refractivity contribution in [3.63, 3.8) is 0 Å². The molecule has 154 valence electrons. The van der Waals surface area contributed by atoms with Crippen molar-refractivity contribution in [1.82, 2.24) is 10.6 Å². The summed E-state index contributed by atoms with van der Waals surface area (Å²) in [5, 5.41) is 5.65. The number of rotatable bonds is 7. The van der Waals surface area contributed by atoms with E-state index in [2.05, 4.69) is 15.6 Å². The third-order valence-corrected chi connectivity index (χ3v) is 4.06. The second-order valence-corrected chi connectivity index (χ2v) is 6.16. The minimum absolute atomic E-state index is 0. The summed E-state index contributed by atoms with van der Waals surface area (Å²) in [6, 6.07) is 7.93. The molecule has 1 aliphatic heterocycles. The fourth-order valence-electron chi connectivity index (χ4n) is 2.54. The smallest absolute Gasteiger partial charge is 0.381 e. The summed E-state index contributed by atoms with van der Waals surface area (Å²) in [5.74, 6) is 0.348. The third kappa shape index (κ3) is 10.2. The predicted octanol–water partition coefficient (Wildman–Crippen LogP) is 3.62. The molecule has 1 aromatic carbocycles. The molecule has 0 atom stereocenters. The first kappa shape index (κ1) is 24.0. The van der Waals surface area contributed by atoms with E-state index in [-0.39, 0.29) is 36.6 Å². The van der Waals surface area contributed by atoms with Crippen molar-refractivity contribution in [3.05, 3.63) is 35.4 Å². The van der Waals surface area contributed by atoms with Crippen LogP contribution in [0.25, 0.3) is 0 Å². The molecule has 0 spiro atoms. The van der Waals surface area contributed by atoms with Crippen LogP contribution in [-0.4, -0.2) is 45.0 Å². The molecular formula is C18H27F3IN3O2. The van der Waals surface area contributed by atoms with Crippen LogP contribution in [0.15, 0.2) is 29.3 Å². The van der Waals surface area contributed by atoms with Gasteiger partial charge in [-0.3, -0.25) is 4.99 Å². The lowest BCUT2D eigenvalue weighted by molar-refractivity contribution is -0.132. The van der Waals surface area contributed by atoms with Gasteiger partial charge in [0.25, 0.3) is 0 Å². The Morgan fingerprint density at radius 1 is 1.15 bits per heavy atom. The van der Waals surface area contributed by atoms with Gasteiger partial charge >= 0.3 is 6.18 Å². The molecule has 0 amide bonds. The van der Waals surface area contributed by atoms with Gasteiger partial charge in [-0.15, -0.1) is 24.0 Å². The van der Waals surface area contributed by atoms with E-state index in [1.54, 1.807) is 0 Å². The molecule has 27 heavy (non-hydrogen) atoms. The second kappa shape index (κ2) is 12.4. The molecule has 0 unspecified atom stereocenters. The molecule has 0 aliphatic carbocycles. The summed E-state index contributed by atoms with van der Waals surface area (Å²) >= 11 is 0. The Morgan fingerprint density at radius 3 is 2.37 bits per heavy atom. The first-order valence-electron chi connectivity index (χ1n) is 8.75. The van der Waals surface area contributed by atoms with Crippen LogP contribution in [0.5, 0.6) is 0 Å². The predicted molar refractivity (Wildman–Crippen MR) is 109 cm³/mol. The fourth-order valence-corrected chi connectivity index (χ4v) is 2.54. The zero-order valence-electron chi connectivity index (χ0n) is 15.3. The van der Waals surface area contributed by atoms with E-state index < -0.39 is 12.6 Å². The van der Waals surface area contributed by atoms with Crippen LogP contribution in [-0.2, 0) is 22.6 Å². The van der Waals surface area contributed by atoms with Crippen LogP contribution in [0.3, 0.4) is 0 Å². The summed E-state index contributed by atoms with van der Waals surface area (Å²) < 4.78 is 47.7. The van der Waals surface area contributed by atoms with Crippen molar-refractivity contribution in [2.75, 3.05) is 26.8 Å². The highest BCUT2D eigenvalue weighted by molar-refractivity contribution is 14.0. The van der Waals surface area contributed by atoms with E-state index in [4.69, 9.17) is 9.47 Å². The van der Waals surface area contributed by atoms with Crippen molar-refractivity contribution >= 4 is 29.9 Å². The topological polar surface area (TPSA) is 54.9 Å². The molecule has 1 fully saturated rings. The number of aliphatic imine (C=N–C) groups is 1. The first-order valence-corrected chi connectivity index (χ1v) is 8.75. The van der Waals surface area contributed by atoms with Gasteiger partial charge in [0.1, 0.15) is 0 Å². The van der Waals surface area contributed by atoms with E-state index in [0.717, 1.165) is 37.2 Å². The van der Waals surface area contributed by atoms with Gasteiger partial charge in [0, 0.05) is 33.4 Å². The highest BCUT2D eigenvalue weighted by atomic mass is 127. The number of alkyl halides is 3. The highest BCUT2D eigenvalue weighted by Gasteiger charge is 2.26. The van der Waals surface area contributed by atoms with Crippen molar-refractivity contribution in [3.8, 4) is 0 Å². The minimum Gasteiger partial charge on any atom is -0.381 e. The molecule has 0 bridgehead atoms. The van der Waals surface area contributed by atoms with Gasteiger partial charge in [0.05, 0.1) is 19.1 Å².